The third-order valence-corrected chi connectivity index (χ3v) is 4.43. The van der Waals surface area contributed by atoms with Gasteiger partial charge in [-0.05, 0) is 41.3 Å². The van der Waals surface area contributed by atoms with Crippen LogP contribution in [0.25, 0.3) is 11.1 Å². The fourth-order valence-electron chi connectivity index (χ4n) is 2.91. The molecule has 0 unspecified atom stereocenters. The third-order valence-electron chi connectivity index (χ3n) is 4.43. The average Bonchev–Trinajstić information content (AvgIpc) is 2.68. The van der Waals surface area contributed by atoms with E-state index in [-0.39, 0.29) is 11.7 Å². The van der Waals surface area contributed by atoms with Gasteiger partial charge in [0.25, 0.3) is 5.69 Å². The zero-order valence-corrected chi connectivity index (χ0v) is 14.7. The highest BCUT2D eigenvalue weighted by atomic mass is 19.2. The number of nitrogens with zero attached hydrogens (tertiary/aromatic N) is 1. The number of nitro benzene ring substituents is 1. The molecule has 4 nitrogen and oxygen atoms in total. The van der Waals surface area contributed by atoms with Crippen LogP contribution < -0.4 is 5.32 Å². The quantitative estimate of drug-likeness (QED) is 0.469. The summed E-state index contributed by atoms with van der Waals surface area (Å²) in [6.45, 7) is 2.33. The van der Waals surface area contributed by atoms with Crippen molar-refractivity contribution in [2.75, 3.05) is 0 Å². The number of hydrogen-bond acceptors (Lipinski definition) is 3. The molecule has 138 valence electrons. The highest BCUT2D eigenvalue weighted by molar-refractivity contribution is 5.69. The summed E-state index contributed by atoms with van der Waals surface area (Å²) in [6, 6.07) is 17.7. The lowest BCUT2D eigenvalue weighted by molar-refractivity contribution is -0.384. The molecule has 0 aliphatic rings. The van der Waals surface area contributed by atoms with Gasteiger partial charge >= 0.3 is 0 Å². The lowest BCUT2D eigenvalue weighted by atomic mass is 9.98. The monoisotopic (exact) mass is 368 g/mol. The molecule has 1 N–H and O–H groups in total. The summed E-state index contributed by atoms with van der Waals surface area (Å²) in [6.07, 6.45) is 0. The van der Waals surface area contributed by atoms with Gasteiger partial charge in [0.2, 0.25) is 0 Å². The van der Waals surface area contributed by atoms with E-state index in [9.17, 15) is 18.9 Å². The van der Waals surface area contributed by atoms with Crippen molar-refractivity contribution in [1.29, 1.82) is 0 Å². The van der Waals surface area contributed by atoms with Gasteiger partial charge in [0.15, 0.2) is 11.6 Å². The molecular formula is C21H18F2N2O2. The Morgan fingerprint density at radius 3 is 2.52 bits per heavy atom. The second-order valence-electron chi connectivity index (χ2n) is 6.24. The van der Waals surface area contributed by atoms with Gasteiger partial charge in [-0.15, -0.1) is 0 Å². The van der Waals surface area contributed by atoms with Crippen LogP contribution in [0.4, 0.5) is 14.5 Å². The maximum Gasteiger partial charge on any atom is 0.270 e. The van der Waals surface area contributed by atoms with E-state index < -0.39 is 16.6 Å². The first-order chi connectivity index (χ1) is 13.0. The number of hydrogen-bond donors (Lipinski definition) is 1. The maximum absolute atomic E-state index is 13.4. The molecule has 0 aliphatic carbocycles. The topological polar surface area (TPSA) is 55.2 Å². The molecular weight excluding hydrogens is 350 g/mol. The van der Waals surface area contributed by atoms with Crippen LogP contribution in [0.15, 0.2) is 66.7 Å². The van der Waals surface area contributed by atoms with Crippen LogP contribution in [0.2, 0.25) is 0 Å². The Bertz CT molecular complexity index is 976. The van der Waals surface area contributed by atoms with Crippen LogP contribution >= 0.6 is 0 Å². The first kappa shape index (κ1) is 18.7. The highest BCUT2D eigenvalue weighted by Gasteiger charge is 2.12. The molecule has 3 aromatic rings. The van der Waals surface area contributed by atoms with Crippen molar-refractivity contribution in [3.8, 4) is 11.1 Å². The van der Waals surface area contributed by atoms with Crippen molar-refractivity contribution in [3.05, 3.63) is 99.6 Å². The van der Waals surface area contributed by atoms with Gasteiger partial charge in [0, 0.05) is 24.7 Å². The van der Waals surface area contributed by atoms with Crippen molar-refractivity contribution in [1.82, 2.24) is 5.32 Å². The minimum atomic E-state index is -0.877. The van der Waals surface area contributed by atoms with Crippen molar-refractivity contribution >= 4 is 5.69 Å². The summed E-state index contributed by atoms with van der Waals surface area (Å²) in [5.74, 6) is -1.75. The number of halogens is 2. The standard InChI is InChI=1S/C21H18F2N2O2/c1-14(15-9-10-20(22)21(23)12-15)24-13-17-5-2-3-8-19(17)16-6-4-7-18(11-16)25(26)27/h2-12,14,24H,13H2,1H3/t14-/m1/s1. The maximum atomic E-state index is 13.4. The van der Waals surface area contributed by atoms with Gasteiger partial charge in [-0.25, -0.2) is 8.78 Å². The molecule has 0 aliphatic heterocycles. The first-order valence-corrected chi connectivity index (χ1v) is 8.47. The van der Waals surface area contributed by atoms with Gasteiger partial charge in [-0.2, -0.15) is 0 Å². The molecule has 1 atom stereocenters. The van der Waals surface area contributed by atoms with Crippen LogP contribution in [0.3, 0.4) is 0 Å². The number of rotatable bonds is 6. The van der Waals surface area contributed by atoms with E-state index in [1.165, 1.54) is 18.2 Å². The molecule has 0 heterocycles. The number of benzene rings is 3. The molecule has 0 amide bonds. The summed E-state index contributed by atoms with van der Waals surface area (Å²) in [5, 5.41) is 14.3. The SMILES string of the molecule is C[C@@H](NCc1ccccc1-c1cccc([N+](=O)[O-])c1)c1ccc(F)c(F)c1. The second kappa shape index (κ2) is 8.05. The summed E-state index contributed by atoms with van der Waals surface area (Å²) in [5.41, 5.74) is 3.26. The molecule has 0 fully saturated rings. The molecule has 0 spiro atoms. The van der Waals surface area contributed by atoms with Gasteiger partial charge in [0.05, 0.1) is 4.92 Å². The predicted molar refractivity (Wildman–Crippen MR) is 100 cm³/mol. The fraction of sp³-hybridized carbons (Fsp3) is 0.143. The average molecular weight is 368 g/mol. The molecule has 0 saturated heterocycles. The Morgan fingerprint density at radius 1 is 1.00 bits per heavy atom. The molecule has 0 aromatic heterocycles. The van der Waals surface area contributed by atoms with Crippen LogP contribution in [0, 0.1) is 21.7 Å². The Morgan fingerprint density at radius 2 is 1.78 bits per heavy atom. The van der Waals surface area contributed by atoms with Crippen LogP contribution in [0.1, 0.15) is 24.1 Å². The molecule has 3 rings (SSSR count). The van der Waals surface area contributed by atoms with E-state index in [1.807, 2.05) is 37.3 Å². The smallest absolute Gasteiger partial charge is 0.270 e. The van der Waals surface area contributed by atoms with E-state index in [0.717, 1.165) is 22.8 Å². The third kappa shape index (κ3) is 4.35. The summed E-state index contributed by atoms with van der Waals surface area (Å²) < 4.78 is 26.5. The van der Waals surface area contributed by atoms with E-state index in [4.69, 9.17) is 0 Å². The minimum absolute atomic E-state index is 0.0328. The van der Waals surface area contributed by atoms with Crippen molar-refractivity contribution in [3.63, 3.8) is 0 Å². The fourth-order valence-corrected chi connectivity index (χ4v) is 2.91. The lowest BCUT2D eigenvalue weighted by Crippen LogP contribution is -2.18. The van der Waals surface area contributed by atoms with Gasteiger partial charge < -0.3 is 5.32 Å². The van der Waals surface area contributed by atoms with Crippen molar-refractivity contribution in [2.45, 2.75) is 19.5 Å². The number of nitro groups is 1. The molecule has 6 heteroatoms. The highest BCUT2D eigenvalue weighted by Crippen LogP contribution is 2.27. The van der Waals surface area contributed by atoms with E-state index in [1.54, 1.807) is 12.1 Å². The Balaban J connectivity index is 1.81. The summed E-state index contributed by atoms with van der Waals surface area (Å²) in [4.78, 5) is 10.6. The zero-order chi connectivity index (χ0) is 19.4. The Labute approximate surface area is 155 Å². The van der Waals surface area contributed by atoms with Gasteiger partial charge in [-0.1, -0.05) is 42.5 Å². The Kier molecular flexibility index (Phi) is 5.57. The van der Waals surface area contributed by atoms with Crippen LogP contribution in [0.5, 0.6) is 0 Å². The van der Waals surface area contributed by atoms with Gasteiger partial charge in [0.1, 0.15) is 0 Å². The Hall–Kier alpha value is -3.12. The summed E-state index contributed by atoms with van der Waals surface area (Å²) >= 11 is 0. The van der Waals surface area contributed by atoms with E-state index >= 15 is 0 Å². The molecule has 0 radical (unpaired) electrons. The first-order valence-electron chi connectivity index (χ1n) is 8.47. The minimum Gasteiger partial charge on any atom is -0.306 e. The van der Waals surface area contributed by atoms with E-state index in [2.05, 4.69) is 5.32 Å². The molecule has 0 saturated carbocycles. The molecule has 3 aromatic carbocycles. The van der Waals surface area contributed by atoms with Crippen molar-refractivity contribution < 1.29 is 13.7 Å². The van der Waals surface area contributed by atoms with Crippen LogP contribution in [-0.4, -0.2) is 4.92 Å². The largest absolute Gasteiger partial charge is 0.306 e. The second-order valence-corrected chi connectivity index (χ2v) is 6.24. The van der Waals surface area contributed by atoms with Crippen LogP contribution in [-0.2, 0) is 6.54 Å². The normalized spacial score (nSPS) is 12.0. The lowest BCUT2D eigenvalue weighted by Gasteiger charge is -2.16. The summed E-state index contributed by atoms with van der Waals surface area (Å²) in [7, 11) is 0. The number of nitrogens with one attached hydrogen (secondary N) is 1. The predicted octanol–water partition coefficient (Wildman–Crippen LogP) is 5.39. The molecule has 27 heavy (non-hydrogen) atoms. The number of non-ortho nitro benzene ring substituents is 1. The van der Waals surface area contributed by atoms with E-state index in [0.29, 0.717) is 12.1 Å². The van der Waals surface area contributed by atoms with Crippen molar-refractivity contribution in [2.24, 2.45) is 0 Å². The zero-order valence-electron chi connectivity index (χ0n) is 14.7. The van der Waals surface area contributed by atoms with Gasteiger partial charge in [-0.3, -0.25) is 10.1 Å². The molecule has 0 bridgehead atoms.